The van der Waals surface area contributed by atoms with E-state index in [2.05, 4.69) is 10.3 Å². The average molecular weight is 170 g/mol. The van der Waals surface area contributed by atoms with Gasteiger partial charge in [-0.15, -0.1) is 11.3 Å². The van der Waals surface area contributed by atoms with Crippen LogP contribution < -0.4 is 5.32 Å². The zero-order valence-electron chi connectivity index (χ0n) is 6.50. The summed E-state index contributed by atoms with van der Waals surface area (Å²) in [5.41, 5.74) is 1.00. The molecule has 1 rings (SSSR count). The molecule has 1 heterocycles. The van der Waals surface area contributed by atoms with Gasteiger partial charge in [0.25, 0.3) is 0 Å². The fourth-order valence-corrected chi connectivity index (χ4v) is 1.56. The second-order valence-corrected chi connectivity index (χ2v) is 3.22. The summed E-state index contributed by atoms with van der Waals surface area (Å²) in [7, 11) is 0. The van der Waals surface area contributed by atoms with Gasteiger partial charge in [0, 0.05) is 11.1 Å². The maximum atomic E-state index is 10.1. The van der Waals surface area contributed by atoms with Crippen LogP contribution in [0.2, 0.25) is 0 Å². The Balaban J connectivity index is 2.67. The predicted molar refractivity (Wildman–Crippen MR) is 44.5 cm³/mol. The van der Waals surface area contributed by atoms with Gasteiger partial charge in [-0.25, -0.2) is 4.98 Å². The van der Waals surface area contributed by atoms with Crippen LogP contribution in [0.1, 0.15) is 23.7 Å². The summed E-state index contributed by atoms with van der Waals surface area (Å²) in [5.74, 6) is 0. The van der Waals surface area contributed by atoms with Gasteiger partial charge in [0.05, 0.1) is 6.04 Å². The third kappa shape index (κ3) is 2.01. The fraction of sp³-hybridized carbons (Fsp3) is 0.429. The highest BCUT2D eigenvalue weighted by Gasteiger charge is 2.06. The molecule has 60 valence electrons. The van der Waals surface area contributed by atoms with E-state index in [0.717, 1.165) is 10.7 Å². The lowest BCUT2D eigenvalue weighted by atomic mass is 10.4. The number of amides is 1. The van der Waals surface area contributed by atoms with Gasteiger partial charge < -0.3 is 5.32 Å². The second kappa shape index (κ2) is 3.48. The number of aryl methyl sites for hydroxylation is 1. The van der Waals surface area contributed by atoms with Crippen molar-refractivity contribution in [2.24, 2.45) is 0 Å². The lowest BCUT2D eigenvalue weighted by Gasteiger charge is -2.04. The van der Waals surface area contributed by atoms with E-state index in [1.165, 1.54) is 0 Å². The van der Waals surface area contributed by atoms with E-state index < -0.39 is 0 Å². The van der Waals surface area contributed by atoms with Gasteiger partial charge in [0.2, 0.25) is 6.41 Å². The van der Waals surface area contributed by atoms with E-state index in [0.29, 0.717) is 6.41 Å². The maximum Gasteiger partial charge on any atom is 0.207 e. The van der Waals surface area contributed by atoms with Crippen molar-refractivity contribution in [2.45, 2.75) is 19.9 Å². The minimum atomic E-state index is 0.0335. The Kier molecular flexibility index (Phi) is 2.59. The number of carbonyl (C=O) groups excluding carboxylic acids is 1. The third-order valence-electron chi connectivity index (χ3n) is 1.33. The van der Waals surface area contributed by atoms with E-state index in [1.807, 2.05) is 19.2 Å². The molecule has 0 aliphatic rings. The van der Waals surface area contributed by atoms with Crippen LogP contribution in [0.5, 0.6) is 0 Å². The monoisotopic (exact) mass is 170 g/mol. The zero-order chi connectivity index (χ0) is 8.27. The highest BCUT2D eigenvalue weighted by Crippen LogP contribution is 2.16. The van der Waals surface area contributed by atoms with Gasteiger partial charge in [-0.3, -0.25) is 4.79 Å². The number of nitrogens with one attached hydrogen (secondary N) is 1. The highest BCUT2D eigenvalue weighted by atomic mass is 32.1. The van der Waals surface area contributed by atoms with Crippen LogP contribution in [0.4, 0.5) is 0 Å². The molecule has 0 aliphatic heterocycles. The van der Waals surface area contributed by atoms with E-state index in [-0.39, 0.29) is 6.04 Å². The van der Waals surface area contributed by atoms with Crippen LogP contribution >= 0.6 is 11.3 Å². The van der Waals surface area contributed by atoms with E-state index >= 15 is 0 Å². The summed E-state index contributed by atoms with van der Waals surface area (Å²) in [6.07, 6.45) is 0.696. The lowest BCUT2D eigenvalue weighted by molar-refractivity contribution is -0.110. The Bertz CT molecular complexity index is 246. The molecule has 1 unspecified atom stereocenters. The Morgan fingerprint density at radius 2 is 2.55 bits per heavy atom. The highest BCUT2D eigenvalue weighted by molar-refractivity contribution is 7.09. The van der Waals surface area contributed by atoms with Crippen LogP contribution in [0, 0.1) is 6.92 Å². The molecule has 1 N–H and O–H groups in total. The first-order chi connectivity index (χ1) is 5.24. The van der Waals surface area contributed by atoms with Gasteiger partial charge in [-0.1, -0.05) is 0 Å². The topological polar surface area (TPSA) is 42.0 Å². The average Bonchev–Trinajstić information content (AvgIpc) is 2.36. The molecule has 4 heteroatoms. The minimum absolute atomic E-state index is 0.0335. The first-order valence-electron chi connectivity index (χ1n) is 3.35. The van der Waals surface area contributed by atoms with Crippen molar-refractivity contribution in [3.05, 3.63) is 16.1 Å². The number of aromatic nitrogens is 1. The summed E-state index contributed by atoms with van der Waals surface area (Å²) in [4.78, 5) is 14.3. The van der Waals surface area contributed by atoms with Crippen molar-refractivity contribution in [3.8, 4) is 0 Å². The van der Waals surface area contributed by atoms with Crippen LogP contribution in [-0.4, -0.2) is 11.4 Å². The number of carbonyl (C=O) groups is 1. The van der Waals surface area contributed by atoms with Gasteiger partial charge in [0.1, 0.15) is 5.01 Å². The van der Waals surface area contributed by atoms with Crippen LogP contribution in [-0.2, 0) is 4.79 Å². The van der Waals surface area contributed by atoms with Crippen molar-refractivity contribution in [3.63, 3.8) is 0 Å². The molecule has 0 radical (unpaired) electrons. The van der Waals surface area contributed by atoms with Crippen LogP contribution in [0.25, 0.3) is 0 Å². The molecule has 1 aromatic rings. The molecule has 0 aromatic carbocycles. The van der Waals surface area contributed by atoms with E-state index in [1.54, 1.807) is 11.3 Å². The molecule has 11 heavy (non-hydrogen) atoms. The summed E-state index contributed by atoms with van der Waals surface area (Å²) >= 11 is 1.57. The smallest absolute Gasteiger partial charge is 0.207 e. The molecule has 0 saturated heterocycles. The predicted octanol–water partition coefficient (Wildman–Crippen LogP) is 1.26. The maximum absolute atomic E-state index is 10.1. The van der Waals surface area contributed by atoms with Crippen molar-refractivity contribution in [1.29, 1.82) is 0 Å². The molecular weight excluding hydrogens is 160 g/mol. The van der Waals surface area contributed by atoms with Crippen molar-refractivity contribution >= 4 is 17.7 Å². The Morgan fingerprint density at radius 3 is 3.00 bits per heavy atom. The molecular formula is C7H10N2OS. The van der Waals surface area contributed by atoms with Gasteiger partial charge >= 0.3 is 0 Å². The quantitative estimate of drug-likeness (QED) is 0.694. The van der Waals surface area contributed by atoms with Crippen molar-refractivity contribution in [1.82, 2.24) is 10.3 Å². The van der Waals surface area contributed by atoms with Gasteiger partial charge in [0.15, 0.2) is 0 Å². The van der Waals surface area contributed by atoms with E-state index in [9.17, 15) is 4.79 Å². The molecule has 0 saturated carbocycles. The van der Waals surface area contributed by atoms with E-state index in [4.69, 9.17) is 0 Å². The number of thiazole rings is 1. The lowest BCUT2D eigenvalue weighted by Crippen LogP contribution is -2.15. The Hall–Kier alpha value is -0.900. The first kappa shape index (κ1) is 8.20. The molecule has 0 aliphatic carbocycles. The normalized spacial score (nSPS) is 12.5. The van der Waals surface area contributed by atoms with Gasteiger partial charge in [-0.05, 0) is 13.8 Å². The Labute approximate surface area is 69.5 Å². The number of hydrogen-bond acceptors (Lipinski definition) is 3. The molecule has 0 spiro atoms. The fourth-order valence-electron chi connectivity index (χ4n) is 0.744. The summed E-state index contributed by atoms with van der Waals surface area (Å²) in [6.45, 7) is 3.85. The molecule has 1 amide bonds. The largest absolute Gasteiger partial charge is 0.350 e. The molecule has 0 fully saturated rings. The summed E-state index contributed by atoms with van der Waals surface area (Å²) in [6, 6.07) is 0.0335. The van der Waals surface area contributed by atoms with Crippen molar-refractivity contribution < 1.29 is 4.79 Å². The number of nitrogens with zero attached hydrogens (tertiary/aromatic N) is 1. The second-order valence-electron chi connectivity index (χ2n) is 2.33. The summed E-state index contributed by atoms with van der Waals surface area (Å²) in [5, 5.41) is 5.57. The standard InChI is InChI=1S/C7H10N2OS/c1-5-3-11-7(9-5)6(2)8-4-10/h3-4,6H,1-2H3,(H,8,10). The SMILES string of the molecule is Cc1csc(C(C)NC=O)n1. The van der Waals surface area contributed by atoms with Gasteiger partial charge in [-0.2, -0.15) is 0 Å². The van der Waals surface area contributed by atoms with Crippen LogP contribution in [0.15, 0.2) is 5.38 Å². The molecule has 3 nitrogen and oxygen atoms in total. The van der Waals surface area contributed by atoms with Crippen LogP contribution in [0.3, 0.4) is 0 Å². The molecule has 1 aromatic heterocycles. The first-order valence-corrected chi connectivity index (χ1v) is 4.23. The molecule has 0 bridgehead atoms. The number of rotatable bonds is 3. The zero-order valence-corrected chi connectivity index (χ0v) is 7.31. The van der Waals surface area contributed by atoms with Crippen molar-refractivity contribution in [2.75, 3.05) is 0 Å². The minimum Gasteiger partial charge on any atom is -0.350 e. The third-order valence-corrected chi connectivity index (χ3v) is 2.47. The number of hydrogen-bond donors (Lipinski definition) is 1. The summed E-state index contributed by atoms with van der Waals surface area (Å²) < 4.78 is 0. The Morgan fingerprint density at radius 1 is 1.82 bits per heavy atom. The molecule has 1 atom stereocenters.